The van der Waals surface area contributed by atoms with E-state index in [-0.39, 0.29) is 0 Å². The highest BCUT2D eigenvalue weighted by Gasteiger charge is 2.58. The van der Waals surface area contributed by atoms with Crippen LogP contribution in [-0.2, 0) is 0 Å². The van der Waals surface area contributed by atoms with Crippen molar-refractivity contribution in [1.29, 1.82) is 0 Å². The van der Waals surface area contributed by atoms with Gasteiger partial charge in [0, 0.05) is 0 Å². The maximum atomic E-state index is 13.2. The maximum absolute atomic E-state index is 13.2. The Hall–Kier alpha value is -0.0700. The van der Waals surface area contributed by atoms with Gasteiger partial charge in [-0.1, -0.05) is 26.7 Å². The van der Waals surface area contributed by atoms with Crippen molar-refractivity contribution in [1.82, 2.24) is 0 Å². The first-order valence-electron chi connectivity index (χ1n) is 4.29. The van der Waals surface area contributed by atoms with Crippen molar-refractivity contribution in [3.63, 3.8) is 0 Å². The van der Waals surface area contributed by atoms with Gasteiger partial charge in [0.25, 0.3) is 0 Å². The summed E-state index contributed by atoms with van der Waals surface area (Å²) in [7, 11) is 0. The van der Waals surface area contributed by atoms with E-state index in [4.69, 9.17) is 0 Å². The summed E-state index contributed by atoms with van der Waals surface area (Å²) in [5, 5.41) is 0. The van der Waals surface area contributed by atoms with E-state index in [9.17, 15) is 4.39 Å². The molecule has 0 bridgehead atoms. The standard InChI is InChI=1S/C9H17F/c1-4-5-6-8-7(2)9(8,3)10/h7-8H,4-6H2,1-3H3. The van der Waals surface area contributed by atoms with E-state index in [0.717, 1.165) is 6.42 Å². The van der Waals surface area contributed by atoms with E-state index < -0.39 is 5.67 Å². The number of unbranched alkanes of at least 4 members (excludes halogenated alkanes) is 1. The molecule has 0 aromatic heterocycles. The Balaban J connectivity index is 2.22. The van der Waals surface area contributed by atoms with Gasteiger partial charge < -0.3 is 0 Å². The van der Waals surface area contributed by atoms with Crippen molar-refractivity contribution >= 4 is 0 Å². The van der Waals surface area contributed by atoms with E-state index in [1.165, 1.54) is 12.8 Å². The molecule has 0 saturated heterocycles. The molecule has 1 aliphatic carbocycles. The number of rotatable bonds is 3. The highest BCUT2D eigenvalue weighted by Crippen LogP contribution is 2.55. The molecule has 1 aliphatic rings. The topological polar surface area (TPSA) is 0 Å². The zero-order chi connectivity index (χ0) is 7.78. The van der Waals surface area contributed by atoms with E-state index in [1.807, 2.05) is 6.92 Å². The zero-order valence-corrected chi connectivity index (χ0v) is 7.15. The molecule has 0 aliphatic heterocycles. The smallest absolute Gasteiger partial charge is 0.114 e. The monoisotopic (exact) mass is 144 g/mol. The minimum atomic E-state index is -0.824. The van der Waals surface area contributed by atoms with Gasteiger partial charge >= 0.3 is 0 Å². The van der Waals surface area contributed by atoms with E-state index in [1.54, 1.807) is 6.92 Å². The largest absolute Gasteiger partial charge is 0.244 e. The van der Waals surface area contributed by atoms with Gasteiger partial charge in [-0.3, -0.25) is 0 Å². The van der Waals surface area contributed by atoms with Crippen LogP contribution in [0.5, 0.6) is 0 Å². The lowest BCUT2D eigenvalue weighted by atomic mass is 10.1. The van der Waals surface area contributed by atoms with Crippen LogP contribution in [0.2, 0.25) is 0 Å². The first kappa shape index (κ1) is 8.03. The highest BCUT2D eigenvalue weighted by molar-refractivity contribution is 5.06. The van der Waals surface area contributed by atoms with Crippen molar-refractivity contribution < 1.29 is 4.39 Å². The molecule has 3 unspecified atom stereocenters. The van der Waals surface area contributed by atoms with Crippen LogP contribution in [0.4, 0.5) is 4.39 Å². The minimum absolute atomic E-state index is 0.319. The van der Waals surface area contributed by atoms with E-state index >= 15 is 0 Å². The molecular formula is C9H17F. The molecule has 0 nitrogen and oxygen atoms in total. The Kier molecular flexibility index (Phi) is 2.02. The second kappa shape index (κ2) is 2.52. The summed E-state index contributed by atoms with van der Waals surface area (Å²) in [4.78, 5) is 0. The van der Waals surface area contributed by atoms with Crippen molar-refractivity contribution in [2.45, 2.75) is 45.7 Å². The van der Waals surface area contributed by atoms with E-state index in [2.05, 4.69) is 6.92 Å². The van der Waals surface area contributed by atoms with Gasteiger partial charge in [0.05, 0.1) is 0 Å². The maximum Gasteiger partial charge on any atom is 0.114 e. The van der Waals surface area contributed by atoms with Crippen LogP contribution in [-0.4, -0.2) is 5.67 Å². The summed E-state index contributed by atoms with van der Waals surface area (Å²) in [5.41, 5.74) is -0.824. The summed E-state index contributed by atoms with van der Waals surface area (Å²) in [6, 6.07) is 0. The molecule has 60 valence electrons. The van der Waals surface area contributed by atoms with Gasteiger partial charge in [0.15, 0.2) is 0 Å². The lowest BCUT2D eigenvalue weighted by Crippen LogP contribution is -1.96. The summed E-state index contributed by atoms with van der Waals surface area (Å²) in [6.45, 7) is 5.90. The Bertz CT molecular complexity index is 118. The third-order valence-electron chi connectivity index (χ3n) is 2.98. The van der Waals surface area contributed by atoms with Gasteiger partial charge in [-0.2, -0.15) is 0 Å². The van der Waals surface area contributed by atoms with Crippen molar-refractivity contribution in [3.05, 3.63) is 0 Å². The summed E-state index contributed by atoms with van der Waals surface area (Å²) >= 11 is 0. The zero-order valence-electron chi connectivity index (χ0n) is 7.15. The fourth-order valence-corrected chi connectivity index (χ4v) is 1.75. The van der Waals surface area contributed by atoms with Gasteiger partial charge in [0.1, 0.15) is 5.67 Å². The Morgan fingerprint density at radius 2 is 2.00 bits per heavy atom. The number of hydrogen-bond donors (Lipinski definition) is 0. The Morgan fingerprint density at radius 3 is 2.30 bits per heavy atom. The summed E-state index contributed by atoms with van der Waals surface area (Å²) in [6.07, 6.45) is 3.47. The summed E-state index contributed by atoms with van der Waals surface area (Å²) in [5.74, 6) is 0.687. The minimum Gasteiger partial charge on any atom is -0.244 e. The molecule has 0 spiro atoms. The molecule has 10 heavy (non-hydrogen) atoms. The predicted molar refractivity (Wildman–Crippen MR) is 41.7 cm³/mol. The highest BCUT2D eigenvalue weighted by atomic mass is 19.1. The molecule has 0 N–H and O–H groups in total. The lowest BCUT2D eigenvalue weighted by molar-refractivity contribution is 0.290. The summed E-state index contributed by atoms with van der Waals surface area (Å²) < 4.78 is 13.2. The fourth-order valence-electron chi connectivity index (χ4n) is 1.75. The molecule has 0 radical (unpaired) electrons. The average molecular weight is 144 g/mol. The van der Waals surface area contributed by atoms with Gasteiger partial charge in [-0.25, -0.2) is 4.39 Å². The SMILES string of the molecule is CCCCC1C(C)C1(C)F. The van der Waals surface area contributed by atoms with Crippen LogP contribution >= 0.6 is 0 Å². The molecule has 1 heteroatoms. The van der Waals surface area contributed by atoms with Crippen LogP contribution < -0.4 is 0 Å². The average Bonchev–Trinajstić information content (AvgIpc) is 2.31. The van der Waals surface area contributed by atoms with Crippen LogP contribution in [0.25, 0.3) is 0 Å². The molecular weight excluding hydrogens is 127 g/mol. The van der Waals surface area contributed by atoms with Crippen molar-refractivity contribution in [3.8, 4) is 0 Å². The first-order valence-corrected chi connectivity index (χ1v) is 4.29. The third kappa shape index (κ3) is 1.18. The predicted octanol–water partition coefficient (Wildman–Crippen LogP) is 3.17. The molecule has 1 saturated carbocycles. The molecule has 0 amide bonds. The van der Waals surface area contributed by atoms with Gasteiger partial charge in [-0.15, -0.1) is 0 Å². The van der Waals surface area contributed by atoms with Crippen LogP contribution in [0.1, 0.15) is 40.0 Å². The third-order valence-corrected chi connectivity index (χ3v) is 2.98. The molecule has 0 aromatic rings. The molecule has 1 fully saturated rings. The molecule has 1 rings (SSSR count). The number of alkyl halides is 1. The van der Waals surface area contributed by atoms with Gasteiger partial charge in [-0.05, 0) is 25.2 Å². The number of halogens is 1. The van der Waals surface area contributed by atoms with Crippen LogP contribution in [0, 0.1) is 11.8 Å². The lowest BCUT2D eigenvalue weighted by Gasteiger charge is -1.96. The second-order valence-corrected chi connectivity index (χ2v) is 3.69. The van der Waals surface area contributed by atoms with Crippen LogP contribution in [0.15, 0.2) is 0 Å². The second-order valence-electron chi connectivity index (χ2n) is 3.69. The molecule has 0 heterocycles. The fraction of sp³-hybridized carbons (Fsp3) is 1.00. The van der Waals surface area contributed by atoms with Crippen molar-refractivity contribution in [2.24, 2.45) is 11.8 Å². The number of hydrogen-bond acceptors (Lipinski definition) is 0. The van der Waals surface area contributed by atoms with Crippen LogP contribution in [0.3, 0.4) is 0 Å². The van der Waals surface area contributed by atoms with E-state index in [0.29, 0.717) is 11.8 Å². The normalized spacial score (nSPS) is 45.6. The van der Waals surface area contributed by atoms with Crippen molar-refractivity contribution in [2.75, 3.05) is 0 Å². The first-order chi connectivity index (χ1) is 4.60. The quantitative estimate of drug-likeness (QED) is 0.570. The van der Waals surface area contributed by atoms with Gasteiger partial charge in [0.2, 0.25) is 0 Å². The Morgan fingerprint density at radius 1 is 1.50 bits per heavy atom. The Labute approximate surface area is 62.8 Å². The molecule has 3 atom stereocenters. The molecule has 0 aromatic carbocycles.